The van der Waals surface area contributed by atoms with E-state index >= 15 is 0 Å². The van der Waals surface area contributed by atoms with E-state index in [0.29, 0.717) is 17.5 Å². The molecule has 5 rings (SSSR count). The molecular formula is C27H26ClN3O. The van der Waals surface area contributed by atoms with Crippen molar-refractivity contribution >= 4 is 28.5 Å². The van der Waals surface area contributed by atoms with E-state index in [1.807, 2.05) is 48.2 Å². The second kappa shape index (κ2) is 8.10. The van der Waals surface area contributed by atoms with Gasteiger partial charge in [0, 0.05) is 17.1 Å². The number of halogens is 1. The number of carbonyl (C=O) groups is 1. The monoisotopic (exact) mass is 443 g/mol. The van der Waals surface area contributed by atoms with Gasteiger partial charge in [0.15, 0.2) is 0 Å². The summed E-state index contributed by atoms with van der Waals surface area (Å²) in [7, 11) is 0. The minimum Gasteiger partial charge on any atom is -0.340 e. The lowest BCUT2D eigenvalue weighted by Crippen LogP contribution is -2.32. The van der Waals surface area contributed by atoms with Crippen LogP contribution in [0.5, 0.6) is 0 Å². The molecule has 2 heterocycles. The predicted molar refractivity (Wildman–Crippen MR) is 130 cm³/mol. The highest BCUT2D eigenvalue weighted by Gasteiger charge is 2.38. The Bertz CT molecular complexity index is 1310. The van der Waals surface area contributed by atoms with Crippen LogP contribution >= 0.6 is 11.6 Å². The highest BCUT2D eigenvalue weighted by molar-refractivity contribution is 6.32. The van der Waals surface area contributed by atoms with Gasteiger partial charge in [-0.2, -0.15) is 0 Å². The molecule has 0 saturated carbocycles. The maximum atomic E-state index is 13.8. The topological polar surface area (TPSA) is 49.0 Å². The Morgan fingerprint density at radius 2 is 1.81 bits per heavy atom. The molecule has 3 aromatic carbocycles. The fourth-order valence-electron chi connectivity index (χ4n) is 4.75. The molecule has 1 aromatic heterocycles. The maximum absolute atomic E-state index is 13.8. The predicted octanol–water partition coefficient (Wildman–Crippen LogP) is 6.72. The molecule has 1 fully saturated rings. The van der Waals surface area contributed by atoms with Crippen molar-refractivity contribution in [3.63, 3.8) is 0 Å². The third-order valence-corrected chi connectivity index (χ3v) is 7.03. The van der Waals surface area contributed by atoms with Gasteiger partial charge in [-0.25, -0.2) is 4.98 Å². The minimum absolute atomic E-state index is 0.0470. The number of rotatable bonds is 3. The van der Waals surface area contributed by atoms with Crippen molar-refractivity contribution in [2.75, 3.05) is 6.54 Å². The van der Waals surface area contributed by atoms with Gasteiger partial charge in [-0.3, -0.25) is 4.79 Å². The number of fused-ring (bicyclic) bond motifs is 1. The maximum Gasteiger partial charge on any atom is 0.255 e. The smallest absolute Gasteiger partial charge is 0.255 e. The van der Waals surface area contributed by atoms with Gasteiger partial charge >= 0.3 is 0 Å². The first-order valence-electron chi connectivity index (χ1n) is 11.1. The molecule has 0 radical (unpaired) electrons. The van der Waals surface area contributed by atoms with Crippen molar-refractivity contribution < 1.29 is 4.79 Å². The summed E-state index contributed by atoms with van der Waals surface area (Å²) in [5.74, 6) is 1.18. The van der Waals surface area contributed by atoms with Crippen LogP contribution in [0, 0.1) is 19.8 Å². The number of benzene rings is 3. The Labute approximate surface area is 193 Å². The summed E-state index contributed by atoms with van der Waals surface area (Å²) in [6, 6.07) is 20.0. The molecule has 1 aliphatic heterocycles. The van der Waals surface area contributed by atoms with Gasteiger partial charge in [-0.15, -0.1) is 0 Å². The lowest BCUT2D eigenvalue weighted by atomic mass is 9.97. The average molecular weight is 444 g/mol. The molecular weight excluding hydrogens is 418 g/mol. The first kappa shape index (κ1) is 20.8. The lowest BCUT2D eigenvalue weighted by Gasteiger charge is -2.26. The van der Waals surface area contributed by atoms with Crippen LogP contribution in [0.4, 0.5) is 0 Å². The third kappa shape index (κ3) is 3.49. The molecule has 1 amide bonds. The highest BCUT2D eigenvalue weighted by Crippen LogP contribution is 2.39. The molecule has 5 heteroatoms. The van der Waals surface area contributed by atoms with E-state index in [-0.39, 0.29) is 11.9 Å². The van der Waals surface area contributed by atoms with Crippen molar-refractivity contribution in [2.24, 2.45) is 5.92 Å². The van der Waals surface area contributed by atoms with Gasteiger partial charge in [0.05, 0.1) is 17.1 Å². The first-order valence-corrected chi connectivity index (χ1v) is 11.4. The summed E-state index contributed by atoms with van der Waals surface area (Å²) in [6.07, 6.45) is 0.944. The van der Waals surface area contributed by atoms with E-state index in [0.717, 1.165) is 45.5 Å². The number of aromatic amines is 1. The van der Waals surface area contributed by atoms with Crippen molar-refractivity contribution in [1.82, 2.24) is 14.9 Å². The van der Waals surface area contributed by atoms with Gasteiger partial charge < -0.3 is 9.88 Å². The molecule has 1 aliphatic rings. The van der Waals surface area contributed by atoms with Crippen LogP contribution in [0.25, 0.3) is 22.2 Å². The number of hydrogen-bond donors (Lipinski definition) is 1. The van der Waals surface area contributed by atoms with E-state index in [4.69, 9.17) is 16.6 Å². The van der Waals surface area contributed by atoms with E-state index in [2.05, 4.69) is 43.1 Å². The Kier molecular flexibility index (Phi) is 5.26. The zero-order chi connectivity index (χ0) is 22.4. The molecule has 0 bridgehead atoms. The number of aryl methyl sites for hydroxylation is 2. The molecule has 1 saturated heterocycles. The number of carbonyl (C=O) groups excluding carboxylic acids is 1. The molecule has 0 unspecified atom stereocenters. The number of likely N-dealkylation sites (tertiary alicyclic amines) is 1. The number of aromatic nitrogens is 2. The molecule has 32 heavy (non-hydrogen) atoms. The van der Waals surface area contributed by atoms with E-state index in [1.54, 1.807) is 0 Å². The summed E-state index contributed by atoms with van der Waals surface area (Å²) in [5.41, 5.74) is 6.73. The quantitative estimate of drug-likeness (QED) is 0.382. The average Bonchev–Trinajstić information content (AvgIpc) is 3.40. The normalized spacial score (nSPS) is 18.4. The standard InChI is InChI=1S/C27H26ClN3O/c1-16-8-10-19(11-9-16)20-6-4-5-7-21(20)27(32)31-15-14-17(2)25(31)26-29-23-13-12-22(28)18(3)24(23)30-26/h4-13,17,25H,14-15H2,1-3H3,(H,29,30)/t17-,25-/m0/s1. The number of hydrogen-bond acceptors (Lipinski definition) is 2. The Balaban J connectivity index is 1.55. The van der Waals surface area contributed by atoms with Crippen LogP contribution in [0.3, 0.4) is 0 Å². The lowest BCUT2D eigenvalue weighted by molar-refractivity contribution is 0.0715. The summed E-state index contributed by atoms with van der Waals surface area (Å²) in [4.78, 5) is 24.2. The zero-order valence-corrected chi connectivity index (χ0v) is 19.3. The van der Waals surface area contributed by atoms with Gasteiger partial charge in [0.2, 0.25) is 0 Å². The van der Waals surface area contributed by atoms with Gasteiger partial charge in [-0.05, 0) is 61.1 Å². The largest absolute Gasteiger partial charge is 0.340 e. The number of amides is 1. The van der Waals surface area contributed by atoms with Crippen molar-refractivity contribution in [3.8, 4) is 11.1 Å². The van der Waals surface area contributed by atoms with Crippen molar-refractivity contribution in [2.45, 2.75) is 33.2 Å². The molecule has 4 nitrogen and oxygen atoms in total. The summed E-state index contributed by atoms with van der Waals surface area (Å²) >= 11 is 6.31. The SMILES string of the molecule is Cc1ccc(-c2ccccc2C(=O)N2CC[C@H](C)[C@H]2c2nc3c(C)c(Cl)ccc3[nH]2)cc1. The van der Waals surface area contributed by atoms with Crippen molar-refractivity contribution in [1.29, 1.82) is 0 Å². The van der Waals surface area contributed by atoms with Gasteiger partial charge in [0.25, 0.3) is 5.91 Å². The first-order chi connectivity index (χ1) is 15.4. The Morgan fingerprint density at radius 1 is 1.06 bits per heavy atom. The summed E-state index contributed by atoms with van der Waals surface area (Å²) in [6.45, 7) is 6.95. The van der Waals surface area contributed by atoms with Gasteiger partial charge in [0.1, 0.15) is 5.82 Å². The number of nitrogens with one attached hydrogen (secondary N) is 1. The van der Waals surface area contributed by atoms with Crippen LogP contribution in [-0.4, -0.2) is 27.3 Å². The Hall–Kier alpha value is -3.11. The molecule has 162 valence electrons. The Morgan fingerprint density at radius 3 is 2.59 bits per heavy atom. The zero-order valence-electron chi connectivity index (χ0n) is 18.5. The number of imidazole rings is 1. The van der Waals surface area contributed by atoms with E-state index in [1.165, 1.54) is 5.56 Å². The highest BCUT2D eigenvalue weighted by atomic mass is 35.5. The van der Waals surface area contributed by atoms with E-state index in [9.17, 15) is 4.79 Å². The second-order valence-corrected chi connectivity index (χ2v) is 9.22. The number of H-pyrrole nitrogens is 1. The second-order valence-electron chi connectivity index (χ2n) is 8.81. The van der Waals surface area contributed by atoms with Crippen molar-refractivity contribution in [3.05, 3.63) is 88.2 Å². The molecule has 0 aliphatic carbocycles. The summed E-state index contributed by atoms with van der Waals surface area (Å²) < 4.78 is 0. The molecule has 0 spiro atoms. The third-order valence-electron chi connectivity index (χ3n) is 6.62. The van der Waals surface area contributed by atoms with E-state index < -0.39 is 0 Å². The van der Waals surface area contributed by atoms with Gasteiger partial charge in [-0.1, -0.05) is 66.6 Å². The number of nitrogens with zero attached hydrogens (tertiary/aromatic N) is 2. The summed E-state index contributed by atoms with van der Waals surface area (Å²) in [5, 5.41) is 0.704. The molecule has 2 atom stereocenters. The fourth-order valence-corrected chi connectivity index (χ4v) is 4.90. The van der Waals surface area contributed by atoms with Crippen LogP contribution in [0.2, 0.25) is 5.02 Å². The van der Waals surface area contributed by atoms with Crippen LogP contribution < -0.4 is 0 Å². The van der Waals surface area contributed by atoms with Crippen LogP contribution in [0.1, 0.15) is 46.7 Å². The van der Waals surface area contributed by atoms with Crippen LogP contribution in [-0.2, 0) is 0 Å². The molecule has 4 aromatic rings. The molecule has 1 N–H and O–H groups in total. The fraction of sp³-hybridized carbons (Fsp3) is 0.259. The minimum atomic E-state index is -0.0980. The van der Waals surface area contributed by atoms with Crippen LogP contribution in [0.15, 0.2) is 60.7 Å².